The van der Waals surface area contributed by atoms with Crippen molar-refractivity contribution in [2.24, 2.45) is 10.7 Å². The lowest BCUT2D eigenvalue weighted by Gasteiger charge is -2.20. The number of carbonyl (C=O) groups is 1. The Bertz CT molecular complexity index is 2040. The number of ether oxygens (including phenoxy) is 1. The maximum absolute atomic E-state index is 15.6. The number of furan rings is 1. The summed E-state index contributed by atoms with van der Waals surface area (Å²) in [5.41, 5.74) is 9.40. The topological polar surface area (TPSA) is 121 Å². The van der Waals surface area contributed by atoms with E-state index in [1.165, 1.54) is 18.2 Å². The molecule has 0 saturated carbocycles. The van der Waals surface area contributed by atoms with Crippen LogP contribution >= 0.6 is 0 Å². The largest absolute Gasteiger partial charge is 0.490 e. The Kier molecular flexibility index (Phi) is 9.38. The first-order valence-corrected chi connectivity index (χ1v) is 15.2. The number of amides is 1. The molecule has 3 aromatic carbocycles. The molecule has 3 N–H and O–H groups in total. The molecule has 0 spiro atoms. The predicted molar refractivity (Wildman–Crippen MR) is 179 cm³/mol. The van der Waals surface area contributed by atoms with Gasteiger partial charge in [-0.15, -0.1) is 0 Å². The molecular weight excluding hydrogens is 614 g/mol. The molecule has 242 valence electrons. The van der Waals surface area contributed by atoms with Gasteiger partial charge < -0.3 is 24.8 Å². The number of nitrogens with zero attached hydrogens (tertiary/aromatic N) is 4. The third-order valence-corrected chi connectivity index (χ3v) is 7.41. The van der Waals surface area contributed by atoms with Crippen LogP contribution in [-0.2, 0) is 6.54 Å². The summed E-state index contributed by atoms with van der Waals surface area (Å²) in [6, 6.07) is 23.7. The van der Waals surface area contributed by atoms with Gasteiger partial charge in [0.1, 0.15) is 34.7 Å². The van der Waals surface area contributed by atoms with Gasteiger partial charge in [0, 0.05) is 36.8 Å². The third-order valence-electron chi connectivity index (χ3n) is 7.41. The summed E-state index contributed by atoms with van der Waals surface area (Å²) >= 11 is 0. The van der Waals surface area contributed by atoms with Gasteiger partial charge in [0.05, 0.1) is 29.7 Å². The van der Waals surface area contributed by atoms with Gasteiger partial charge in [-0.3, -0.25) is 9.78 Å². The summed E-state index contributed by atoms with van der Waals surface area (Å²) < 4.78 is 42.9. The quantitative estimate of drug-likeness (QED) is 0.111. The number of nitrogens with two attached hydrogens (primary N) is 1. The summed E-state index contributed by atoms with van der Waals surface area (Å²) in [4.78, 5) is 26.4. The van der Waals surface area contributed by atoms with Crippen molar-refractivity contribution < 1.29 is 22.7 Å². The van der Waals surface area contributed by atoms with Gasteiger partial charge in [0.25, 0.3) is 5.91 Å². The van der Waals surface area contributed by atoms with E-state index >= 15 is 4.39 Å². The Morgan fingerprint density at radius 1 is 0.979 bits per heavy atom. The van der Waals surface area contributed by atoms with Gasteiger partial charge in [-0.05, 0) is 79.6 Å². The normalized spacial score (nSPS) is 12.2. The van der Waals surface area contributed by atoms with E-state index in [0.29, 0.717) is 39.6 Å². The molecule has 0 bridgehead atoms. The molecule has 0 saturated heterocycles. The monoisotopic (exact) mass is 646 g/mol. The van der Waals surface area contributed by atoms with E-state index in [1.807, 2.05) is 19.9 Å². The highest BCUT2D eigenvalue weighted by atomic mass is 19.1. The Balaban J connectivity index is 1.26. The van der Waals surface area contributed by atoms with Crippen LogP contribution in [0.5, 0.6) is 5.75 Å². The fourth-order valence-electron chi connectivity index (χ4n) is 5.14. The summed E-state index contributed by atoms with van der Waals surface area (Å²) in [7, 11) is 0. The van der Waals surface area contributed by atoms with Crippen LogP contribution in [0.4, 0.5) is 14.5 Å². The fraction of sp³-hybridized carbons (Fsp3) is 0.135. The Morgan fingerprint density at radius 2 is 1.79 bits per heavy atom. The molecule has 3 aromatic heterocycles. The average molecular weight is 647 g/mol. The number of hydrogen-bond donors (Lipinski definition) is 2. The number of carbonyl (C=O) groups excluding carboxylic acids is 1. The zero-order valence-electron chi connectivity index (χ0n) is 26.2. The number of halogens is 2. The first-order chi connectivity index (χ1) is 23.2. The van der Waals surface area contributed by atoms with Gasteiger partial charge in [-0.25, -0.2) is 18.8 Å². The maximum Gasteiger partial charge on any atom is 0.287 e. The first kappa shape index (κ1) is 31.9. The highest BCUT2D eigenvalue weighted by Gasteiger charge is 2.23. The molecule has 6 rings (SSSR count). The van der Waals surface area contributed by atoms with E-state index in [0.717, 1.165) is 0 Å². The van der Waals surface area contributed by atoms with Gasteiger partial charge >= 0.3 is 0 Å². The van der Waals surface area contributed by atoms with Crippen LogP contribution in [0.2, 0.25) is 0 Å². The standard InChI is InChI=1S/C37H32F2N6O3/c1-23(2)47-35-20-27(43-36(40)31-5-3-4-16-42-31)11-13-29(35)33-14-15-34(48-33)37(46)44-32(21-45-18-17-41-22-45)28-12-8-25(19-30(28)39)24-6-9-26(38)10-7-24/h3-20,22-23,32H,21H2,1-2H3,(H2,40,43)(H,44,46)/t32-/m0/s1. The SMILES string of the molecule is CC(C)Oc1cc(N=C(N)c2ccccn2)ccc1-c1ccc(C(=O)N[C@@H](Cn2ccnc2)c2ccc(-c3ccc(F)cc3)cc2F)o1. The first-order valence-electron chi connectivity index (χ1n) is 15.2. The fourth-order valence-corrected chi connectivity index (χ4v) is 5.14. The number of pyridine rings is 1. The van der Waals surface area contributed by atoms with Crippen molar-refractivity contribution in [3.63, 3.8) is 0 Å². The number of benzene rings is 3. The van der Waals surface area contributed by atoms with Crippen LogP contribution < -0.4 is 15.8 Å². The maximum atomic E-state index is 15.6. The number of nitrogens with one attached hydrogen (secondary N) is 1. The Labute approximate surface area is 275 Å². The van der Waals surface area contributed by atoms with Crippen LogP contribution in [0.3, 0.4) is 0 Å². The summed E-state index contributed by atoms with van der Waals surface area (Å²) in [5.74, 6) is -0.277. The van der Waals surface area contributed by atoms with Gasteiger partial charge in [0.2, 0.25) is 0 Å². The van der Waals surface area contributed by atoms with Gasteiger partial charge in [-0.1, -0.05) is 30.3 Å². The van der Waals surface area contributed by atoms with E-state index in [1.54, 1.807) is 96.2 Å². The van der Waals surface area contributed by atoms with Gasteiger partial charge in [-0.2, -0.15) is 0 Å². The molecule has 0 aliphatic rings. The third kappa shape index (κ3) is 7.47. The molecule has 48 heavy (non-hydrogen) atoms. The molecule has 1 atom stereocenters. The van der Waals surface area contributed by atoms with Crippen molar-refractivity contribution in [3.8, 4) is 28.2 Å². The number of aromatic nitrogens is 3. The van der Waals surface area contributed by atoms with Crippen LogP contribution in [0.25, 0.3) is 22.5 Å². The second-order valence-electron chi connectivity index (χ2n) is 11.3. The molecule has 1 amide bonds. The van der Waals surface area contributed by atoms with Crippen molar-refractivity contribution in [1.82, 2.24) is 19.9 Å². The highest BCUT2D eigenvalue weighted by Crippen LogP contribution is 2.36. The summed E-state index contributed by atoms with van der Waals surface area (Å²) in [5, 5.41) is 2.91. The van der Waals surface area contributed by atoms with Crippen molar-refractivity contribution in [3.05, 3.63) is 145 Å². The van der Waals surface area contributed by atoms with Crippen molar-refractivity contribution >= 4 is 17.4 Å². The minimum Gasteiger partial charge on any atom is -0.490 e. The molecule has 9 nitrogen and oxygen atoms in total. The van der Waals surface area contributed by atoms with Crippen LogP contribution in [0.1, 0.15) is 41.7 Å². The predicted octanol–water partition coefficient (Wildman–Crippen LogP) is 7.48. The molecule has 6 aromatic rings. The lowest BCUT2D eigenvalue weighted by atomic mass is 9.99. The molecule has 11 heteroatoms. The molecule has 0 aliphatic carbocycles. The second-order valence-corrected chi connectivity index (χ2v) is 11.3. The lowest BCUT2D eigenvalue weighted by molar-refractivity contribution is 0.0904. The number of imidazole rings is 1. The molecule has 0 aliphatic heterocycles. The number of hydrogen-bond acceptors (Lipinski definition) is 6. The van der Waals surface area contributed by atoms with Crippen molar-refractivity contribution in [2.45, 2.75) is 32.5 Å². The highest BCUT2D eigenvalue weighted by molar-refractivity contribution is 5.97. The molecular formula is C37H32F2N6O3. The van der Waals surface area contributed by atoms with Gasteiger partial charge in [0.15, 0.2) is 5.76 Å². The summed E-state index contributed by atoms with van der Waals surface area (Å²) in [6.45, 7) is 4.01. The summed E-state index contributed by atoms with van der Waals surface area (Å²) in [6.07, 6.45) is 6.39. The lowest BCUT2D eigenvalue weighted by Crippen LogP contribution is -2.31. The smallest absolute Gasteiger partial charge is 0.287 e. The van der Waals surface area contributed by atoms with Crippen molar-refractivity contribution in [1.29, 1.82) is 0 Å². The number of aliphatic imine (C=N–C) groups is 1. The van der Waals surface area contributed by atoms with E-state index in [9.17, 15) is 9.18 Å². The van der Waals surface area contributed by atoms with E-state index < -0.39 is 17.8 Å². The number of rotatable bonds is 11. The average Bonchev–Trinajstić information content (AvgIpc) is 3.78. The molecule has 3 heterocycles. The Morgan fingerprint density at radius 3 is 2.50 bits per heavy atom. The zero-order chi connectivity index (χ0) is 33.6. The minimum absolute atomic E-state index is 0.0287. The van der Waals surface area contributed by atoms with E-state index in [4.69, 9.17) is 14.9 Å². The molecule has 0 unspecified atom stereocenters. The van der Waals surface area contributed by atoms with Crippen LogP contribution in [0, 0.1) is 11.6 Å². The van der Waals surface area contributed by atoms with E-state index in [2.05, 4.69) is 20.3 Å². The van der Waals surface area contributed by atoms with Crippen molar-refractivity contribution in [2.75, 3.05) is 0 Å². The zero-order valence-corrected chi connectivity index (χ0v) is 26.2. The van der Waals surface area contributed by atoms with Crippen LogP contribution in [0.15, 0.2) is 125 Å². The van der Waals surface area contributed by atoms with E-state index in [-0.39, 0.29) is 35.6 Å². The number of amidine groups is 1. The molecule has 0 fully saturated rings. The van der Waals surface area contributed by atoms with Crippen LogP contribution in [-0.4, -0.2) is 32.4 Å². The minimum atomic E-state index is -0.774. The Hall–Kier alpha value is -6.10. The molecule has 0 radical (unpaired) electrons. The second kappa shape index (κ2) is 14.1.